The van der Waals surface area contributed by atoms with E-state index in [2.05, 4.69) is 19.2 Å². The second kappa shape index (κ2) is 4.56. The van der Waals surface area contributed by atoms with Crippen LogP contribution in [0.2, 0.25) is 0 Å². The molecule has 14 heavy (non-hydrogen) atoms. The fourth-order valence-electron chi connectivity index (χ4n) is 2.44. The second-order valence-corrected chi connectivity index (χ2v) is 4.68. The van der Waals surface area contributed by atoms with Crippen molar-refractivity contribution >= 4 is 0 Å². The van der Waals surface area contributed by atoms with Crippen molar-refractivity contribution in [2.75, 3.05) is 6.54 Å². The molecule has 3 heteroatoms. The van der Waals surface area contributed by atoms with Gasteiger partial charge in [-0.05, 0) is 37.6 Å². The molecule has 84 valence electrons. The molecule has 0 radical (unpaired) electrons. The molecule has 1 nitrogen and oxygen atoms in total. The van der Waals surface area contributed by atoms with Gasteiger partial charge >= 0.3 is 0 Å². The smallest absolute Gasteiger partial charge is 0.256 e. The number of alkyl halides is 2. The van der Waals surface area contributed by atoms with Crippen LogP contribution in [0.15, 0.2) is 0 Å². The van der Waals surface area contributed by atoms with Crippen molar-refractivity contribution in [1.82, 2.24) is 5.32 Å². The highest BCUT2D eigenvalue weighted by atomic mass is 19.3. The van der Waals surface area contributed by atoms with Crippen LogP contribution in [0, 0.1) is 11.8 Å². The quantitative estimate of drug-likeness (QED) is 0.746. The molecule has 3 atom stereocenters. The van der Waals surface area contributed by atoms with E-state index in [1.807, 2.05) is 6.92 Å². The summed E-state index contributed by atoms with van der Waals surface area (Å²) in [5.74, 6) is 0.984. The van der Waals surface area contributed by atoms with Crippen molar-refractivity contribution < 1.29 is 8.78 Å². The molecular weight excluding hydrogens is 184 g/mol. The summed E-state index contributed by atoms with van der Waals surface area (Å²) in [5, 5.41) is 3.00. The number of hydrogen-bond donors (Lipinski definition) is 1. The zero-order valence-corrected chi connectivity index (χ0v) is 9.32. The first-order valence-electron chi connectivity index (χ1n) is 5.55. The summed E-state index contributed by atoms with van der Waals surface area (Å²) < 4.78 is 26.0. The van der Waals surface area contributed by atoms with Crippen LogP contribution in [0.5, 0.6) is 0 Å². The van der Waals surface area contributed by atoms with Crippen molar-refractivity contribution in [3.8, 4) is 0 Å². The molecule has 0 aromatic heterocycles. The van der Waals surface area contributed by atoms with Gasteiger partial charge in [-0.3, -0.25) is 0 Å². The summed E-state index contributed by atoms with van der Waals surface area (Å²) in [6.45, 7) is 6.77. The molecule has 0 bridgehead atoms. The molecule has 1 aliphatic rings. The molecule has 0 amide bonds. The Hall–Kier alpha value is -0.180. The predicted octanol–water partition coefficient (Wildman–Crippen LogP) is 3.06. The normalized spacial score (nSPS) is 39.0. The number of hydrogen-bond acceptors (Lipinski definition) is 1. The van der Waals surface area contributed by atoms with E-state index in [4.69, 9.17) is 0 Å². The van der Waals surface area contributed by atoms with Gasteiger partial charge in [-0.15, -0.1) is 0 Å². The van der Waals surface area contributed by atoms with Crippen molar-refractivity contribution in [1.29, 1.82) is 0 Å². The molecule has 0 saturated heterocycles. The molecule has 0 aromatic carbocycles. The third-order valence-electron chi connectivity index (χ3n) is 3.65. The molecule has 1 aliphatic carbocycles. The highest BCUT2D eigenvalue weighted by Gasteiger charge is 2.44. The van der Waals surface area contributed by atoms with Crippen LogP contribution >= 0.6 is 0 Å². The lowest BCUT2D eigenvalue weighted by Gasteiger charge is -2.42. The largest absolute Gasteiger partial charge is 0.307 e. The molecule has 1 N–H and O–H groups in total. The van der Waals surface area contributed by atoms with E-state index in [9.17, 15) is 8.78 Å². The zero-order chi connectivity index (χ0) is 10.8. The van der Waals surface area contributed by atoms with Crippen molar-refractivity contribution in [2.45, 2.75) is 52.0 Å². The van der Waals surface area contributed by atoms with Crippen LogP contribution in [-0.2, 0) is 0 Å². The van der Waals surface area contributed by atoms with Crippen LogP contribution < -0.4 is 5.32 Å². The zero-order valence-electron chi connectivity index (χ0n) is 9.32. The van der Waals surface area contributed by atoms with Crippen LogP contribution in [0.4, 0.5) is 8.78 Å². The first-order valence-corrected chi connectivity index (χ1v) is 5.55. The van der Waals surface area contributed by atoms with E-state index in [0.29, 0.717) is 31.2 Å². The minimum Gasteiger partial charge on any atom is -0.307 e. The fraction of sp³-hybridized carbons (Fsp3) is 1.00. The Bertz CT molecular complexity index is 184. The molecule has 0 aromatic rings. The minimum atomic E-state index is -2.24. The van der Waals surface area contributed by atoms with E-state index in [1.165, 1.54) is 0 Å². The highest BCUT2D eigenvalue weighted by molar-refractivity contribution is 4.96. The van der Waals surface area contributed by atoms with Gasteiger partial charge in [0.2, 0.25) is 0 Å². The van der Waals surface area contributed by atoms with Crippen molar-refractivity contribution in [2.24, 2.45) is 11.8 Å². The summed E-state index contributed by atoms with van der Waals surface area (Å²) in [6.07, 6.45) is -0.0975. The summed E-state index contributed by atoms with van der Waals surface area (Å²) in [6, 6.07) is 0. The first kappa shape index (κ1) is 11.9. The monoisotopic (exact) mass is 205 g/mol. The standard InChI is InChI=1S/C11H21F2N/c1-4-14-11(10(12)13)6-5-8(2)9(3)7-11/h8-10,14H,4-7H2,1-3H3. The lowest BCUT2D eigenvalue weighted by atomic mass is 9.71. The van der Waals surface area contributed by atoms with Gasteiger partial charge < -0.3 is 5.32 Å². The number of nitrogens with one attached hydrogen (secondary N) is 1. The van der Waals surface area contributed by atoms with Crippen LogP contribution in [0.25, 0.3) is 0 Å². The Kier molecular flexibility index (Phi) is 3.87. The van der Waals surface area contributed by atoms with Gasteiger partial charge in [-0.25, -0.2) is 8.78 Å². The van der Waals surface area contributed by atoms with E-state index >= 15 is 0 Å². The van der Waals surface area contributed by atoms with Gasteiger partial charge in [-0.1, -0.05) is 20.8 Å². The van der Waals surface area contributed by atoms with Gasteiger partial charge in [0.1, 0.15) is 0 Å². The molecule has 1 rings (SSSR count). The molecule has 3 unspecified atom stereocenters. The van der Waals surface area contributed by atoms with Crippen LogP contribution in [0.1, 0.15) is 40.0 Å². The van der Waals surface area contributed by atoms with Gasteiger partial charge in [0, 0.05) is 0 Å². The van der Waals surface area contributed by atoms with Crippen molar-refractivity contribution in [3.05, 3.63) is 0 Å². The Labute approximate surface area is 85.3 Å². The topological polar surface area (TPSA) is 12.0 Å². The first-order chi connectivity index (χ1) is 6.52. The van der Waals surface area contributed by atoms with Gasteiger partial charge in [-0.2, -0.15) is 0 Å². The van der Waals surface area contributed by atoms with Gasteiger partial charge in [0.15, 0.2) is 0 Å². The predicted molar refractivity (Wildman–Crippen MR) is 54.6 cm³/mol. The molecule has 1 saturated carbocycles. The maximum atomic E-state index is 13.0. The molecule has 0 aliphatic heterocycles. The third kappa shape index (κ3) is 2.25. The fourth-order valence-corrected chi connectivity index (χ4v) is 2.44. The highest BCUT2D eigenvalue weighted by Crippen LogP contribution is 2.39. The van der Waals surface area contributed by atoms with Crippen LogP contribution in [-0.4, -0.2) is 18.5 Å². The summed E-state index contributed by atoms with van der Waals surface area (Å²) in [5.41, 5.74) is -0.902. The average Bonchev–Trinajstić information content (AvgIpc) is 2.12. The molecule has 0 heterocycles. The van der Waals surface area contributed by atoms with Crippen molar-refractivity contribution in [3.63, 3.8) is 0 Å². The molecular formula is C11H21F2N. The number of rotatable bonds is 3. The lowest BCUT2D eigenvalue weighted by Crippen LogP contribution is -2.55. The summed E-state index contributed by atoms with van der Waals surface area (Å²) >= 11 is 0. The summed E-state index contributed by atoms with van der Waals surface area (Å²) in [4.78, 5) is 0. The SMILES string of the molecule is CCNC1(C(F)F)CCC(C)C(C)C1. The maximum Gasteiger partial charge on any atom is 0.256 e. The van der Waals surface area contributed by atoms with E-state index < -0.39 is 12.0 Å². The van der Waals surface area contributed by atoms with E-state index in [1.54, 1.807) is 0 Å². The molecule has 1 fully saturated rings. The minimum absolute atomic E-state index is 0.400. The van der Waals surface area contributed by atoms with E-state index in [-0.39, 0.29) is 0 Å². The molecule has 0 spiro atoms. The Morgan fingerprint density at radius 1 is 1.36 bits per heavy atom. The van der Waals surface area contributed by atoms with E-state index in [0.717, 1.165) is 6.42 Å². The average molecular weight is 205 g/mol. The second-order valence-electron chi connectivity index (χ2n) is 4.68. The Morgan fingerprint density at radius 3 is 2.43 bits per heavy atom. The van der Waals surface area contributed by atoms with Crippen LogP contribution in [0.3, 0.4) is 0 Å². The van der Waals surface area contributed by atoms with Gasteiger partial charge in [0.05, 0.1) is 5.54 Å². The van der Waals surface area contributed by atoms with Gasteiger partial charge in [0.25, 0.3) is 6.43 Å². The lowest BCUT2D eigenvalue weighted by molar-refractivity contribution is -0.0152. The Balaban J connectivity index is 2.69. The maximum absolute atomic E-state index is 13.0. The third-order valence-corrected chi connectivity index (χ3v) is 3.65. The summed E-state index contributed by atoms with van der Waals surface area (Å²) in [7, 11) is 0. The number of halogens is 2. The Morgan fingerprint density at radius 2 is 2.00 bits per heavy atom.